The smallest absolute Gasteiger partial charge is 0.0783 e. The number of fused-ring (bicyclic) bond motifs is 10. The van der Waals surface area contributed by atoms with Crippen molar-refractivity contribution in [1.82, 2.24) is 0 Å². The quantitative estimate of drug-likeness (QED) is 0.209. The minimum Gasteiger partial charge on any atom is -0.310 e. The average Bonchev–Trinajstić information content (AvgIpc) is 3.03. The Morgan fingerprint density at radius 1 is 0.375 bits per heavy atom. The van der Waals surface area contributed by atoms with Crippen molar-refractivity contribution in [2.24, 2.45) is 0 Å². The SMILES string of the molecule is c1ccc(N2c3ccccc3C3(c4ccccc42)c2ccccc2N2c4ccccc4Sc4cccc3c42)cc1. The number of anilines is 6. The molecule has 3 heterocycles. The Hall–Kier alpha value is -4.73. The lowest BCUT2D eigenvalue weighted by Crippen LogP contribution is -2.42. The lowest BCUT2D eigenvalue weighted by atomic mass is 9.60. The molecule has 0 bridgehead atoms. The molecule has 40 heavy (non-hydrogen) atoms. The van der Waals surface area contributed by atoms with E-state index in [0.717, 1.165) is 0 Å². The number of nitrogens with zero attached hydrogens (tertiary/aromatic N) is 2. The summed E-state index contributed by atoms with van der Waals surface area (Å²) in [5.41, 5.74) is 12.2. The first-order valence-electron chi connectivity index (χ1n) is 13.7. The second kappa shape index (κ2) is 8.14. The maximum absolute atomic E-state index is 2.51. The van der Waals surface area contributed by atoms with Gasteiger partial charge in [-0.15, -0.1) is 0 Å². The van der Waals surface area contributed by atoms with Gasteiger partial charge in [0.05, 0.1) is 33.9 Å². The summed E-state index contributed by atoms with van der Waals surface area (Å²) in [5, 5.41) is 0. The Morgan fingerprint density at radius 2 is 0.850 bits per heavy atom. The number of hydrogen-bond acceptors (Lipinski definition) is 3. The minimum atomic E-state index is -0.469. The van der Waals surface area contributed by atoms with Crippen LogP contribution in [0.4, 0.5) is 34.1 Å². The van der Waals surface area contributed by atoms with Crippen LogP contribution in [-0.2, 0) is 5.41 Å². The zero-order valence-corrected chi connectivity index (χ0v) is 22.5. The predicted molar refractivity (Wildman–Crippen MR) is 165 cm³/mol. The van der Waals surface area contributed by atoms with E-state index in [4.69, 9.17) is 0 Å². The first kappa shape index (κ1) is 22.1. The van der Waals surface area contributed by atoms with Gasteiger partial charge in [0.2, 0.25) is 0 Å². The van der Waals surface area contributed by atoms with Crippen LogP contribution < -0.4 is 9.80 Å². The van der Waals surface area contributed by atoms with E-state index in [-0.39, 0.29) is 0 Å². The third kappa shape index (κ3) is 2.70. The number of para-hydroxylation sites is 6. The first-order valence-corrected chi connectivity index (χ1v) is 14.5. The molecule has 6 aromatic rings. The van der Waals surface area contributed by atoms with Gasteiger partial charge in [0.1, 0.15) is 0 Å². The summed E-state index contributed by atoms with van der Waals surface area (Å²) >= 11 is 1.88. The summed E-state index contributed by atoms with van der Waals surface area (Å²) in [7, 11) is 0. The van der Waals surface area contributed by atoms with Crippen LogP contribution in [-0.4, -0.2) is 0 Å². The van der Waals surface area contributed by atoms with Gasteiger partial charge in [-0.05, 0) is 70.8 Å². The molecule has 0 unspecified atom stereocenters. The standard InChI is InChI=1S/C37H24N2S/c1-2-13-25(14-3-1)38-30-19-7-4-15-26(30)37(27-16-5-8-20-31(27)38)28-17-6-9-21-32(28)39-33-22-10-11-23-34(33)40-35-24-12-18-29(37)36(35)39/h1-24H. The van der Waals surface area contributed by atoms with E-state index in [1.807, 2.05) is 11.8 Å². The zero-order chi connectivity index (χ0) is 26.3. The Balaban J connectivity index is 1.46. The highest BCUT2D eigenvalue weighted by Crippen LogP contribution is 2.66. The Kier molecular flexibility index (Phi) is 4.50. The molecule has 0 saturated heterocycles. The molecule has 188 valence electrons. The average molecular weight is 529 g/mol. The van der Waals surface area contributed by atoms with Crippen LogP contribution >= 0.6 is 11.8 Å². The second-order valence-electron chi connectivity index (χ2n) is 10.5. The fraction of sp³-hybridized carbons (Fsp3) is 0.0270. The van der Waals surface area contributed by atoms with Gasteiger partial charge in [-0.25, -0.2) is 0 Å². The number of rotatable bonds is 1. The Morgan fingerprint density at radius 3 is 1.50 bits per heavy atom. The van der Waals surface area contributed by atoms with E-state index in [1.54, 1.807) is 0 Å². The molecule has 0 aromatic heterocycles. The minimum absolute atomic E-state index is 0.469. The van der Waals surface area contributed by atoms with Crippen LogP contribution in [0.1, 0.15) is 22.3 Å². The third-order valence-electron chi connectivity index (χ3n) is 8.61. The van der Waals surface area contributed by atoms with Crippen LogP contribution in [0.25, 0.3) is 0 Å². The van der Waals surface area contributed by atoms with E-state index in [9.17, 15) is 0 Å². The molecule has 0 N–H and O–H groups in total. The van der Waals surface area contributed by atoms with Crippen molar-refractivity contribution in [2.75, 3.05) is 9.80 Å². The molecule has 0 atom stereocenters. The highest BCUT2D eigenvalue weighted by Gasteiger charge is 2.52. The number of hydrogen-bond donors (Lipinski definition) is 0. The summed E-state index contributed by atoms with van der Waals surface area (Å²) < 4.78 is 0. The van der Waals surface area contributed by atoms with E-state index < -0.39 is 5.41 Å². The van der Waals surface area contributed by atoms with Gasteiger partial charge in [-0.3, -0.25) is 0 Å². The molecule has 3 aliphatic heterocycles. The first-order chi connectivity index (χ1) is 19.9. The van der Waals surface area contributed by atoms with Gasteiger partial charge in [0.15, 0.2) is 0 Å². The normalized spacial score (nSPS) is 15.0. The summed E-state index contributed by atoms with van der Waals surface area (Å²) in [4.78, 5) is 7.53. The molecular formula is C37H24N2S. The molecule has 0 radical (unpaired) electrons. The van der Waals surface area contributed by atoms with Crippen LogP contribution in [0.2, 0.25) is 0 Å². The Bertz CT molecular complexity index is 1900. The zero-order valence-electron chi connectivity index (χ0n) is 21.7. The monoisotopic (exact) mass is 528 g/mol. The maximum Gasteiger partial charge on any atom is 0.0783 e. The fourth-order valence-corrected chi connectivity index (χ4v) is 8.26. The van der Waals surface area contributed by atoms with Crippen LogP contribution in [0.3, 0.4) is 0 Å². The summed E-state index contributed by atoms with van der Waals surface area (Å²) in [5.74, 6) is 0. The molecule has 0 fully saturated rings. The highest BCUT2D eigenvalue weighted by molar-refractivity contribution is 7.99. The second-order valence-corrected chi connectivity index (χ2v) is 11.6. The number of benzene rings is 6. The maximum atomic E-state index is 2.51. The van der Waals surface area contributed by atoms with E-state index in [0.29, 0.717) is 0 Å². The molecule has 0 amide bonds. The van der Waals surface area contributed by atoms with E-state index in [1.165, 1.54) is 66.2 Å². The predicted octanol–water partition coefficient (Wildman–Crippen LogP) is 10.1. The summed E-state index contributed by atoms with van der Waals surface area (Å²) in [6.45, 7) is 0. The lowest BCUT2D eigenvalue weighted by molar-refractivity contribution is 0.714. The summed E-state index contributed by atoms with van der Waals surface area (Å²) in [6, 6.07) is 53.5. The molecule has 3 heteroatoms. The van der Waals surface area contributed by atoms with Gasteiger partial charge in [0.25, 0.3) is 0 Å². The van der Waals surface area contributed by atoms with Gasteiger partial charge in [0, 0.05) is 15.5 Å². The van der Waals surface area contributed by atoms with Crippen molar-refractivity contribution >= 4 is 45.9 Å². The van der Waals surface area contributed by atoms with Crippen molar-refractivity contribution in [3.8, 4) is 0 Å². The lowest BCUT2D eigenvalue weighted by Gasteiger charge is -2.52. The van der Waals surface area contributed by atoms with Crippen molar-refractivity contribution in [3.05, 3.63) is 168 Å². The van der Waals surface area contributed by atoms with Gasteiger partial charge in [-0.2, -0.15) is 0 Å². The summed E-state index contributed by atoms with van der Waals surface area (Å²) in [6.07, 6.45) is 0. The fourth-order valence-electron chi connectivity index (χ4n) is 7.17. The van der Waals surface area contributed by atoms with Gasteiger partial charge < -0.3 is 9.80 Å². The van der Waals surface area contributed by atoms with Crippen LogP contribution in [0, 0.1) is 0 Å². The topological polar surface area (TPSA) is 6.48 Å². The largest absolute Gasteiger partial charge is 0.310 e. The molecule has 3 aliphatic rings. The van der Waals surface area contributed by atoms with Crippen molar-refractivity contribution in [3.63, 3.8) is 0 Å². The molecular weight excluding hydrogens is 504 g/mol. The van der Waals surface area contributed by atoms with Gasteiger partial charge in [-0.1, -0.05) is 109 Å². The Labute approximate surface area is 238 Å². The molecule has 9 rings (SSSR count). The van der Waals surface area contributed by atoms with Crippen LogP contribution in [0.5, 0.6) is 0 Å². The van der Waals surface area contributed by atoms with Crippen molar-refractivity contribution in [1.29, 1.82) is 0 Å². The van der Waals surface area contributed by atoms with Crippen molar-refractivity contribution < 1.29 is 0 Å². The van der Waals surface area contributed by atoms with E-state index >= 15 is 0 Å². The van der Waals surface area contributed by atoms with Crippen LogP contribution in [0.15, 0.2) is 155 Å². The molecule has 2 nitrogen and oxygen atoms in total. The molecule has 0 saturated carbocycles. The molecule has 0 aliphatic carbocycles. The molecule has 1 spiro atoms. The third-order valence-corrected chi connectivity index (χ3v) is 9.73. The van der Waals surface area contributed by atoms with E-state index in [2.05, 4.69) is 155 Å². The van der Waals surface area contributed by atoms with Gasteiger partial charge >= 0.3 is 0 Å². The van der Waals surface area contributed by atoms with Crippen molar-refractivity contribution in [2.45, 2.75) is 15.2 Å². The highest BCUT2D eigenvalue weighted by atomic mass is 32.2. The molecule has 6 aromatic carbocycles.